The van der Waals surface area contributed by atoms with Gasteiger partial charge in [0.25, 0.3) is 0 Å². The summed E-state index contributed by atoms with van der Waals surface area (Å²) in [5.41, 5.74) is 0.112. The first-order valence-corrected chi connectivity index (χ1v) is 6.41. The Bertz CT molecular complexity index is 227. The summed E-state index contributed by atoms with van der Waals surface area (Å²) in [4.78, 5) is 13.8. The van der Waals surface area contributed by atoms with Crippen LogP contribution >= 0.6 is 0 Å². The van der Waals surface area contributed by atoms with Crippen LogP contribution < -0.4 is 10.6 Å². The number of carbonyl (C=O) groups excluding carboxylic acids is 1. The SMILES string of the molecule is CCNC(C)CC(=O)NCC(C)(C)CN(C)C. The van der Waals surface area contributed by atoms with Gasteiger partial charge in [-0.25, -0.2) is 0 Å². The Kier molecular flexibility index (Phi) is 7.39. The van der Waals surface area contributed by atoms with E-state index in [0.29, 0.717) is 6.42 Å². The molecule has 0 rings (SSSR count). The highest BCUT2D eigenvalue weighted by molar-refractivity contribution is 5.76. The first-order chi connectivity index (χ1) is 7.76. The Labute approximate surface area is 106 Å². The molecule has 1 unspecified atom stereocenters. The summed E-state index contributed by atoms with van der Waals surface area (Å²) in [6, 6.07) is 0.247. The molecule has 0 aliphatic heterocycles. The smallest absolute Gasteiger partial charge is 0.221 e. The van der Waals surface area contributed by atoms with E-state index in [9.17, 15) is 4.79 Å². The second kappa shape index (κ2) is 7.67. The summed E-state index contributed by atoms with van der Waals surface area (Å²) in [6.45, 7) is 11.0. The molecule has 0 saturated carbocycles. The van der Waals surface area contributed by atoms with Gasteiger partial charge in [0.15, 0.2) is 0 Å². The molecule has 4 heteroatoms. The van der Waals surface area contributed by atoms with Gasteiger partial charge in [-0.05, 0) is 33.0 Å². The van der Waals surface area contributed by atoms with Crippen molar-refractivity contribution >= 4 is 5.91 Å². The molecule has 102 valence electrons. The molecule has 0 aliphatic rings. The molecule has 0 spiro atoms. The van der Waals surface area contributed by atoms with Gasteiger partial charge in [0.2, 0.25) is 5.91 Å². The molecule has 0 aliphatic carbocycles. The number of rotatable bonds is 8. The molecule has 0 fully saturated rings. The summed E-state index contributed by atoms with van der Waals surface area (Å²) in [5.74, 6) is 0.130. The van der Waals surface area contributed by atoms with Crippen LogP contribution in [0.25, 0.3) is 0 Å². The van der Waals surface area contributed by atoms with E-state index in [-0.39, 0.29) is 17.4 Å². The lowest BCUT2D eigenvalue weighted by molar-refractivity contribution is -0.122. The summed E-state index contributed by atoms with van der Waals surface area (Å²) in [5, 5.41) is 6.25. The van der Waals surface area contributed by atoms with Crippen LogP contribution in [0.1, 0.15) is 34.1 Å². The van der Waals surface area contributed by atoms with E-state index in [1.54, 1.807) is 0 Å². The van der Waals surface area contributed by atoms with Crippen LogP contribution in [0.4, 0.5) is 0 Å². The van der Waals surface area contributed by atoms with Crippen molar-refractivity contribution in [1.29, 1.82) is 0 Å². The average molecular weight is 243 g/mol. The summed E-state index contributed by atoms with van der Waals surface area (Å²) >= 11 is 0. The third-order valence-corrected chi connectivity index (χ3v) is 2.55. The van der Waals surface area contributed by atoms with E-state index in [2.05, 4.69) is 50.4 Å². The molecular formula is C13H29N3O. The third-order valence-electron chi connectivity index (χ3n) is 2.55. The van der Waals surface area contributed by atoms with Gasteiger partial charge in [-0.2, -0.15) is 0 Å². The molecule has 4 nitrogen and oxygen atoms in total. The Morgan fingerprint density at radius 2 is 1.94 bits per heavy atom. The van der Waals surface area contributed by atoms with Crippen molar-refractivity contribution in [2.75, 3.05) is 33.7 Å². The normalized spacial score (nSPS) is 13.8. The molecular weight excluding hydrogens is 214 g/mol. The van der Waals surface area contributed by atoms with Crippen LogP contribution in [0.3, 0.4) is 0 Å². The number of nitrogens with zero attached hydrogens (tertiary/aromatic N) is 1. The second-order valence-electron chi connectivity index (χ2n) is 5.84. The fraction of sp³-hybridized carbons (Fsp3) is 0.923. The summed E-state index contributed by atoms with van der Waals surface area (Å²) in [6.07, 6.45) is 0.548. The van der Waals surface area contributed by atoms with Gasteiger partial charge in [0.1, 0.15) is 0 Å². The quantitative estimate of drug-likeness (QED) is 0.670. The minimum absolute atomic E-state index is 0.112. The number of carbonyl (C=O) groups is 1. The fourth-order valence-electron chi connectivity index (χ4n) is 2.02. The van der Waals surface area contributed by atoms with E-state index >= 15 is 0 Å². The van der Waals surface area contributed by atoms with Crippen molar-refractivity contribution in [3.8, 4) is 0 Å². The maximum Gasteiger partial charge on any atom is 0.221 e. The van der Waals surface area contributed by atoms with Crippen LogP contribution in [0.5, 0.6) is 0 Å². The summed E-state index contributed by atoms with van der Waals surface area (Å²) in [7, 11) is 4.10. The van der Waals surface area contributed by atoms with Crippen molar-refractivity contribution < 1.29 is 4.79 Å². The van der Waals surface area contributed by atoms with Crippen molar-refractivity contribution in [3.63, 3.8) is 0 Å². The fourth-order valence-corrected chi connectivity index (χ4v) is 2.02. The van der Waals surface area contributed by atoms with Crippen LogP contribution in [-0.2, 0) is 4.79 Å². The zero-order valence-electron chi connectivity index (χ0n) is 12.3. The van der Waals surface area contributed by atoms with Crippen molar-refractivity contribution in [2.24, 2.45) is 5.41 Å². The number of nitrogens with one attached hydrogen (secondary N) is 2. The lowest BCUT2D eigenvalue weighted by atomic mass is 9.93. The average Bonchev–Trinajstić information content (AvgIpc) is 2.13. The highest BCUT2D eigenvalue weighted by Crippen LogP contribution is 2.14. The Morgan fingerprint density at radius 1 is 1.35 bits per heavy atom. The predicted octanol–water partition coefficient (Wildman–Crippen LogP) is 1.08. The van der Waals surface area contributed by atoms with Gasteiger partial charge in [-0.3, -0.25) is 4.79 Å². The van der Waals surface area contributed by atoms with E-state index in [1.165, 1.54) is 0 Å². The van der Waals surface area contributed by atoms with E-state index in [1.807, 2.05) is 6.92 Å². The van der Waals surface area contributed by atoms with Gasteiger partial charge < -0.3 is 15.5 Å². The molecule has 0 radical (unpaired) electrons. The molecule has 0 saturated heterocycles. The molecule has 1 amide bonds. The zero-order chi connectivity index (χ0) is 13.5. The second-order valence-corrected chi connectivity index (χ2v) is 5.84. The zero-order valence-corrected chi connectivity index (χ0v) is 12.3. The van der Waals surface area contributed by atoms with Crippen molar-refractivity contribution in [3.05, 3.63) is 0 Å². The van der Waals surface area contributed by atoms with Crippen molar-refractivity contribution in [1.82, 2.24) is 15.5 Å². The maximum atomic E-state index is 11.7. The van der Waals surface area contributed by atoms with Gasteiger partial charge in [-0.1, -0.05) is 20.8 Å². The largest absolute Gasteiger partial charge is 0.355 e. The topological polar surface area (TPSA) is 44.4 Å². The highest BCUT2D eigenvalue weighted by Gasteiger charge is 2.20. The van der Waals surface area contributed by atoms with Gasteiger partial charge in [0, 0.05) is 25.6 Å². The maximum absolute atomic E-state index is 11.7. The minimum Gasteiger partial charge on any atom is -0.355 e. The lowest BCUT2D eigenvalue weighted by Crippen LogP contribution is -2.41. The first-order valence-electron chi connectivity index (χ1n) is 6.41. The molecule has 1 atom stereocenters. The predicted molar refractivity (Wildman–Crippen MR) is 73.1 cm³/mol. The molecule has 0 bridgehead atoms. The van der Waals surface area contributed by atoms with Gasteiger partial charge >= 0.3 is 0 Å². The Balaban J connectivity index is 3.90. The molecule has 0 aromatic rings. The van der Waals surface area contributed by atoms with E-state index < -0.39 is 0 Å². The Morgan fingerprint density at radius 3 is 2.41 bits per heavy atom. The molecule has 2 N–H and O–H groups in total. The monoisotopic (exact) mass is 243 g/mol. The van der Waals surface area contributed by atoms with Crippen LogP contribution in [-0.4, -0.2) is 50.6 Å². The minimum atomic E-state index is 0.112. The third kappa shape index (κ3) is 9.12. The van der Waals surface area contributed by atoms with Gasteiger partial charge in [-0.15, -0.1) is 0 Å². The number of hydrogen-bond donors (Lipinski definition) is 2. The molecule has 0 heterocycles. The molecule has 0 aromatic carbocycles. The van der Waals surface area contributed by atoms with Crippen LogP contribution in [0.2, 0.25) is 0 Å². The lowest BCUT2D eigenvalue weighted by Gasteiger charge is -2.28. The first kappa shape index (κ1) is 16.4. The number of hydrogen-bond acceptors (Lipinski definition) is 3. The van der Waals surface area contributed by atoms with E-state index in [0.717, 1.165) is 19.6 Å². The van der Waals surface area contributed by atoms with E-state index in [4.69, 9.17) is 0 Å². The molecule has 17 heavy (non-hydrogen) atoms. The molecule has 0 aromatic heterocycles. The standard InChI is InChI=1S/C13H29N3O/c1-7-14-11(2)8-12(17)15-9-13(3,4)10-16(5)6/h11,14H,7-10H2,1-6H3,(H,15,17). The number of amides is 1. The summed E-state index contributed by atoms with van der Waals surface area (Å²) < 4.78 is 0. The van der Waals surface area contributed by atoms with Crippen molar-refractivity contribution in [2.45, 2.75) is 40.2 Å². The van der Waals surface area contributed by atoms with Gasteiger partial charge in [0.05, 0.1) is 0 Å². The highest BCUT2D eigenvalue weighted by atomic mass is 16.1. The van der Waals surface area contributed by atoms with Crippen LogP contribution in [0.15, 0.2) is 0 Å². The van der Waals surface area contributed by atoms with Crippen LogP contribution in [0, 0.1) is 5.41 Å². The Hall–Kier alpha value is -0.610.